The number of nitriles is 1. The molecule has 1 aromatic carbocycles. The van der Waals surface area contributed by atoms with Gasteiger partial charge in [0.15, 0.2) is 5.82 Å². The molecule has 3 N–H and O–H groups in total. The highest BCUT2D eigenvalue weighted by Gasteiger charge is 2.26. The number of rotatable bonds is 2. The zero-order valence-electron chi connectivity index (χ0n) is 8.50. The number of nitrogens with two attached hydrogens (primary N) is 1. The Morgan fingerprint density at radius 1 is 1.50 bits per heavy atom. The van der Waals surface area contributed by atoms with Gasteiger partial charge in [-0.2, -0.15) is 5.26 Å². The zero-order valence-corrected chi connectivity index (χ0v) is 10.1. The second-order valence-electron chi connectivity index (χ2n) is 3.97. The molecule has 0 aromatic heterocycles. The Hall–Kier alpha value is -1.12. The lowest BCUT2D eigenvalue weighted by Crippen LogP contribution is -2.44. The number of anilines is 1. The van der Waals surface area contributed by atoms with Gasteiger partial charge in [0.05, 0.1) is 15.7 Å². The summed E-state index contributed by atoms with van der Waals surface area (Å²) in [5, 5.41) is 11.8. The molecule has 1 saturated carbocycles. The largest absolute Gasteiger partial charge is 0.380 e. The Balaban J connectivity index is 2.17. The van der Waals surface area contributed by atoms with Crippen molar-refractivity contribution in [1.29, 1.82) is 5.26 Å². The van der Waals surface area contributed by atoms with Gasteiger partial charge in [0.1, 0.15) is 6.07 Å². The average molecular weight is 284 g/mol. The number of nitrogens with one attached hydrogen (secondary N) is 1. The molecule has 0 amide bonds. The van der Waals surface area contributed by atoms with Gasteiger partial charge in [0.2, 0.25) is 0 Å². The minimum Gasteiger partial charge on any atom is -0.380 e. The minimum atomic E-state index is -0.417. The first kappa shape index (κ1) is 11.4. The molecule has 1 fully saturated rings. The van der Waals surface area contributed by atoms with Crippen LogP contribution in [0.1, 0.15) is 18.4 Å². The average Bonchev–Trinajstić information content (AvgIpc) is 2.23. The van der Waals surface area contributed by atoms with Gasteiger partial charge in [0.25, 0.3) is 0 Å². The Morgan fingerprint density at radius 2 is 2.19 bits per heavy atom. The van der Waals surface area contributed by atoms with Gasteiger partial charge < -0.3 is 11.1 Å². The van der Waals surface area contributed by atoms with Crippen LogP contribution < -0.4 is 11.1 Å². The summed E-state index contributed by atoms with van der Waals surface area (Å²) in [6.07, 6.45) is 1.72. The SMILES string of the molecule is N#Cc1ccc(NC2CC(N)C2)c(F)c1Br. The van der Waals surface area contributed by atoms with E-state index >= 15 is 0 Å². The van der Waals surface area contributed by atoms with E-state index in [1.807, 2.05) is 6.07 Å². The Kier molecular flexibility index (Phi) is 3.13. The summed E-state index contributed by atoms with van der Waals surface area (Å²) in [6.45, 7) is 0. The van der Waals surface area contributed by atoms with Crippen LogP contribution in [0.3, 0.4) is 0 Å². The predicted molar refractivity (Wildman–Crippen MR) is 63.4 cm³/mol. The molecule has 16 heavy (non-hydrogen) atoms. The fraction of sp³-hybridized carbons (Fsp3) is 0.364. The number of benzene rings is 1. The van der Waals surface area contributed by atoms with Crippen LogP contribution in [0.4, 0.5) is 10.1 Å². The summed E-state index contributed by atoms with van der Waals surface area (Å²) < 4.78 is 14.0. The summed E-state index contributed by atoms with van der Waals surface area (Å²) in [4.78, 5) is 0. The molecule has 0 spiro atoms. The quantitative estimate of drug-likeness (QED) is 0.876. The molecular weight excluding hydrogens is 273 g/mol. The molecule has 0 heterocycles. The van der Waals surface area contributed by atoms with E-state index < -0.39 is 5.82 Å². The van der Waals surface area contributed by atoms with Crippen molar-refractivity contribution < 1.29 is 4.39 Å². The van der Waals surface area contributed by atoms with Crippen molar-refractivity contribution in [2.45, 2.75) is 24.9 Å². The monoisotopic (exact) mass is 283 g/mol. The Labute approximate surface area is 102 Å². The van der Waals surface area contributed by atoms with E-state index in [4.69, 9.17) is 11.0 Å². The Bertz CT molecular complexity index is 449. The third-order valence-corrected chi connectivity index (χ3v) is 3.51. The number of nitrogens with zero attached hydrogens (tertiary/aromatic N) is 1. The lowest BCUT2D eigenvalue weighted by atomic mass is 9.87. The fourth-order valence-corrected chi connectivity index (χ4v) is 2.18. The van der Waals surface area contributed by atoms with Crippen LogP contribution >= 0.6 is 15.9 Å². The third-order valence-electron chi connectivity index (χ3n) is 2.74. The van der Waals surface area contributed by atoms with Crippen molar-refractivity contribution in [3.63, 3.8) is 0 Å². The molecule has 0 unspecified atom stereocenters. The van der Waals surface area contributed by atoms with Crippen LogP contribution in [-0.4, -0.2) is 12.1 Å². The second-order valence-corrected chi connectivity index (χ2v) is 4.77. The van der Waals surface area contributed by atoms with Gasteiger partial charge >= 0.3 is 0 Å². The van der Waals surface area contributed by atoms with Crippen molar-refractivity contribution in [1.82, 2.24) is 0 Å². The molecule has 0 atom stereocenters. The minimum absolute atomic E-state index is 0.212. The summed E-state index contributed by atoms with van der Waals surface area (Å²) in [6, 6.07) is 5.56. The van der Waals surface area contributed by atoms with Crippen LogP contribution in [0.2, 0.25) is 0 Å². The van der Waals surface area contributed by atoms with Crippen molar-refractivity contribution >= 4 is 21.6 Å². The molecule has 3 nitrogen and oxygen atoms in total. The van der Waals surface area contributed by atoms with Crippen molar-refractivity contribution in [2.24, 2.45) is 5.73 Å². The summed E-state index contributed by atoms with van der Waals surface area (Å²) in [5.41, 5.74) is 6.37. The summed E-state index contributed by atoms with van der Waals surface area (Å²) in [5.74, 6) is -0.417. The van der Waals surface area contributed by atoms with E-state index in [0.717, 1.165) is 12.8 Å². The fourth-order valence-electron chi connectivity index (χ4n) is 1.75. The van der Waals surface area contributed by atoms with Gasteiger partial charge in [-0.1, -0.05) is 0 Å². The molecule has 0 aliphatic heterocycles. The standard InChI is InChI=1S/C11H11BrFN3/c12-10-6(5-14)1-2-9(11(10)13)16-8-3-7(15)4-8/h1-2,7-8,16H,3-4,15H2. The molecule has 2 rings (SSSR count). The summed E-state index contributed by atoms with van der Waals surface area (Å²) >= 11 is 3.07. The molecular formula is C11H11BrFN3. The van der Waals surface area contributed by atoms with Crippen molar-refractivity contribution in [3.8, 4) is 6.07 Å². The lowest BCUT2D eigenvalue weighted by Gasteiger charge is -2.33. The first-order chi connectivity index (χ1) is 7.61. The molecule has 0 saturated heterocycles. The van der Waals surface area contributed by atoms with Gasteiger partial charge in [-0.05, 0) is 40.9 Å². The van der Waals surface area contributed by atoms with E-state index in [2.05, 4.69) is 21.2 Å². The smallest absolute Gasteiger partial charge is 0.161 e. The van der Waals surface area contributed by atoms with Gasteiger partial charge in [0, 0.05) is 12.1 Å². The second kappa shape index (κ2) is 4.40. The van der Waals surface area contributed by atoms with Gasteiger partial charge in [-0.25, -0.2) is 4.39 Å². The first-order valence-electron chi connectivity index (χ1n) is 5.02. The van der Waals surface area contributed by atoms with E-state index in [1.54, 1.807) is 12.1 Å². The number of hydrogen-bond acceptors (Lipinski definition) is 3. The maximum atomic E-state index is 13.8. The maximum Gasteiger partial charge on any atom is 0.161 e. The molecule has 1 aliphatic carbocycles. The van der Waals surface area contributed by atoms with Crippen LogP contribution in [0, 0.1) is 17.1 Å². The Morgan fingerprint density at radius 3 is 2.75 bits per heavy atom. The van der Waals surface area contributed by atoms with Gasteiger partial charge in [-0.3, -0.25) is 0 Å². The van der Waals surface area contributed by atoms with Crippen LogP contribution in [-0.2, 0) is 0 Å². The highest BCUT2D eigenvalue weighted by atomic mass is 79.9. The highest BCUT2D eigenvalue weighted by molar-refractivity contribution is 9.10. The van der Waals surface area contributed by atoms with E-state index in [0.29, 0.717) is 11.3 Å². The molecule has 0 radical (unpaired) electrons. The molecule has 84 valence electrons. The molecule has 1 aliphatic rings. The summed E-state index contributed by atoms with van der Waals surface area (Å²) in [7, 11) is 0. The number of hydrogen-bond donors (Lipinski definition) is 2. The van der Waals surface area contributed by atoms with E-state index in [-0.39, 0.29) is 16.6 Å². The lowest BCUT2D eigenvalue weighted by molar-refractivity contribution is 0.372. The van der Waals surface area contributed by atoms with Crippen LogP contribution in [0.15, 0.2) is 16.6 Å². The normalized spacial score (nSPS) is 23.4. The van der Waals surface area contributed by atoms with Crippen molar-refractivity contribution in [2.75, 3.05) is 5.32 Å². The molecule has 0 bridgehead atoms. The number of halogens is 2. The molecule has 5 heteroatoms. The third kappa shape index (κ3) is 2.04. The first-order valence-corrected chi connectivity index (χ1v) is 5.81. The van der Waals surface area contributed by atoms with Gasteiger partial charge in [-0.15, -0.1) is 0 Å². The van der Waals surface area contributed by atoms with Crippen LogP contribution in [0.25, 0.3) is 0 Å². The van der Waals surface area contributed by atoms with Crippen LogP contribution in [0.5, 0.6) is 0 Å². The highest BCUT2D eigenvalue weighted by Crippen LogP contribution is 2.29. The zero-order chi connectivity index (χ0) is 11.7. The maximum absolute atomic E-state index is 13.8. The predicted octanol–water partition coefficient (Wildman–Crippen LogP) is 2.36. The topological polar surface area (TPSA) is 61.8 Å². The molecule has 1 aromatic rings. The van der Waals surface area contributed by atoms with E-state index in [9.17, 15) is 4.39 Å². The van der Waals surface area contributed by atoms with Crippen molar-refractivity contribution in [3.05, 3.63) is 28.0 Å². The van der Waals surface area contributed by atoms with E-state index in [1.165, 1.54) is 0 Å².